The summed E-state index contributed by atoms with van der Waals surface area (Å²) in [5.74, 6) is 1.40. The fourth-order valence-corrected chi connectivity index (χ4v) is 5.04. The van der Waals surface area contributed by atoms with Crippen molar-refractivity contribution in [1.82, 2.24) is 14.8 Å². The summed E-state index contributed by atoms with van der Waals surface area (Å²) in [6.45, 7) is 8.99. The summed E-state index contributed by atoms with van der Waals surface area (Å²) in [7, 11) is 0. The van der Waals surface area contributed by atoms with Gasteiger partial charge in [0.15, 0.2) is 5.16 Å². The lowest BCUT2D eigenvalue weighted by Crippen LogP contribution is -2.37. The molecule has 3 heterocycles. The van der Waals surface area contributed by atoms with Crippen LogP contribution in [0.15, 0.2) is 56.8 Å². The van der Waals surface area contributed by atoms with Crippen molar-refractivity contribution in [3.8, 4) is 5.69 Å². The van der Waals surface area contributed by atoms with Gasteiger partial charge < -0.3 is 14.1 Å². The van der Waals surface area contributed by atoms with Crippen molar-refractivity contribution in [2.45, 2.75) is 31.7 Å². The SMILES string of the molecule is Cc1cccc(-n2c(SCc3cc(=O)oc4c(C)c(C)ccc34)nnc2N2CCOCC2)c1. The molecule has 0 N–H and O–H groups in total. The maximum Gasteiger partial charge on any atom is 0.336 e. The van der Waals surface area contributed by atoms with E-state index < -0.39 is 0 Å². The topological polar surface area (TPSA) is 73.4 Å². The van der Waals surface area contributed by atoms with Gasteiger partial charge in [0.1, 0.15) is 5.58 Å². The normalized spacial score (nSPS) is 14.2. The van der Waals surface area contributed by atoms with Gasteiger partial charge in [-0.15, -0.1) is 10.2 Å². The van der Waals surface area contributed by atoms with E-state index in [4.69, 9.17) is 9.15 Å². The molecule has 7 nitrogen and oxygen atoms in total. The first-order valence-electron chi connectivity index (χ1n) is 11.0. The molecule has 2 aromatic heterocycles. The molecular weight excluding hydrogens is 436 g/mol. The number of aromatic nitrogens is 3. The monoisotopic (exact) mass is 462 g/mol. The third-order valence-electron chi connectivity index (χ3n) is 6.04. The number of fused-ring (bicyclic) bond motifs is 1. The smallest absolute Gasteiger partial charge is 0.336 e. The van der Waals surface area contributed by atoms with E-state index in [1.807, 2.05) is 26.0 Å². The molecule has 0 atom stereocenters. The molecule has 1 saturated heterocycles. The van der Waals surface area contributed by atoms with Crippen molar-refractivity contribution < 1.29 is 9.15 Å². The van der Waals surface area contributed by atoms with Gasteiger partial charge in [-0.05, 0) is 55.2 Å². The lowest BCUT2D eigenvalue weighted by Gasteiger charge is -2.28. The van der Waals surface area contributed by atoms with Gasteiger partial charge in [-0.2, -0.15) is 0 Å². The lowest BCUT2D eigenvalue weighted by atomic mass is 10.0. The Labute approximate surface area is 196 Å². The van der Waals surface area contributed by atoms with Gasteiger partial charge in [-0.25, -0.2) is 4.79 Å². The number of anilines is 1. The summed E-state index contributed by atoms with van der Waals surface area (Å²) >= 11 is 1.57. The summed E-state index contributed by atoms with van der Waals surface area (Å²) in [5, 5.41) is 10.8. The fourth-order valence-electron chi connectivity index (χ4n) is 4.10. The molecule has 0 bridgehead atoms. The van der Waals surface area contributed by atoms with Crippen LogP contribution in [0.3, 0.4) is 0 Å². The Hall–Kier alpha value is -3.10. The van der Waals surface area contributed by atoms with Crippen LogP contribution in [0, 0.1) is 20.8 Å². The lowest BCUT2D eigenvalue weighted by molar-refractivity contribution is 0.122. The number of ether oxygens (including phenoxy) is 1. The number of benzene rings is 2. The van der Waals surface area contributed by atoms with Crippen LogP contribution in [0.2, 0.25) is 0 Å². The van der Waals surface area contributed by atoms with Gasteiger partial charge in [0.05, 0.1) is 18.9 Å². The molecule has 5 rings (SSSR count). The molecule has 1 fully saturated rings. The minimum absolute atomic E-state index is 0.332. The molecule has 4 aromatic rings. The predicted octanol–water partition coefficient (Wildman–Crippen LogP) is 4.43. The molecule has 1 aliphatic heterocycles. The van der Waals surface area contributed by atoms with Crippen LogP contribution in [-0.4, -0.2) is 41.1 Å². The van der Waals surface area contributed by atoms with Gasteiger partial charge in [0.2, 0.25) is 5.95 Å². The zero-order valence-corrected chi connectivity index (χ0v) is 19.8. The minimum atomic E-state index is -0.332. The Morgan fingerprint density at radius 1 is 1.03 bits per heavy atom. The maximum absolute atomic E-state index is 12.3. The first-order chi connectivity index (χ1) is 16.0. The second-order valence-corrected chi connectivity index (χ2v) is 9.26. The molecule has 0 aliphatic carbocycles. The highest BCUT2D eigenvalue weighted by molar-refractivity contribution is 7.98. The zero-order valence-electron chi connectivity index (χ0n) is 19.0. The standard InChI is InChI=1S/C25H26N4O3S/c1-16-5-4-6-20(13-16)29-24(28-9-11-31-12-10-28)26-27-25(29)33-15-19-14-22(30)32-23-18(3)17(2)7-8-21(19)23/h4-8,13-14H,9-12,15H2,1-3H3. The molecule has 170 valence electrons. The van der Waals surface area contributed by atoms with E-state index in [1.54, 1.807) is 17.8 Å². The highest BCUT2D eigenvalue weighted by atomic mass is 32.2. The first kappa shape index (κ1) is 21.7. The molecule has 0 amide bonds. The maximum atomic E-state index is 12.3. The van der Waals surface area contributed by atoms with E-state index in [-0.39, 0.29) is 5.63 Å². The summed E-state index contributed by atoms with van der Waals surface area (Å²) in [6.07, 6.45) is 0. The van der Waals surface area contributed by atoms with Crippen LogP contribution in [0.5, 0.6) is 0 Å². The van der Waals surface area contributed by atoms with Crippen molar-refractivity contribution in [2.24, 2.45) is 0 Å². The number of hydrogen-bond donors (Lipinski definition) is 0. The molecule has 0 unspecified atom stereocenters. The van der Waals surface area contributed by atoms with Crippen LogP contribution in [0.25, 0.3) is 16.7 Å². The Morgan fingerprint density at radius 2 is 1.85 bits per heavy atom. The highest BCUT2D eigenvalue weighted by Gasteiger charge is 2.22. The molecule has 0 spiro atoms. The van der Waals surface area contributed by atoms with E-state index in [0.29, 0.717) is 24.5 Å². The van der Waals surface area contributed by atoms with Crippen LogP contribution in [-0.2, 0) is 10.5 Å². The molecule has 0 saturated carbocycles. The average Bonchev–Trinajstić information content (AvgIpc) is 3.25. The Kier molecular flexibility index (Phi) is 5.95. The predicted molar refractivity (Wildman–Crippen MR) is 131 cm³/mol. The van der Waals surface area contributed by atoms with Gasteiger partial charge in [-0.1, -0.05) is 36.0 Å². The van der Waals surface area contributed by atoms with Crippen LogP contribution < -0.4 is 10.5 Å². The highest BCUT2D eigenvalue weighted by Crippen LogP contribution is 2.32. The Bertz CT molecular complexity index is 1370. The Balaban J connectivity index is 1.54. The molecule has 8 heteroatoms. The number of thioether (sulfide) groups is 1. The fraction of sp³-hybridized carbons (Fsp3) is 0.320. The summed E-state index contributed by atoms with van der Waals surface area (Å²) in [5.41, 5.74) is 5.54. The number of hydrogen-bond acceptors (Lipinski definition) is 7. The second-order valence-electron chi connectivity index (χ2n) is 8.32. The third-order valence-corrected chi connectivity index (χ3v) is 7.02. The van der Waals surface area contributed by atoms with Gasteiger partial charge in [0, 0.05) is 30.3 Å². The second kappa shape index (κ2) is 9.03. The van der Waals surface area contributed by atoms with Gasteiger partial charge in [0.25, 0.3) is 0 Å². The average molecular weight is 463 g/mol. The number of rotatable bonds is 5. The first-order valence-corrected chi connectivity index (χ1v) is 12.0. The summed E-state index contributed by atoms with van der Waals surface area (Å²) < 4.78 is 13.2. The molecule has 33 heavy (non-hydrogen) atoms. The van der Waals surface area contributed by atoms with E-state index in [1.165, 1.54) is 5.56 Å². The molecule has 1 aliphatic rings. The van der Waals surface area contributed by atoms with Crippen LogP contribution in [0.1, 0.15) is 22.3 Å². The quantitative estimate of drug-likeness (QED) is 0.321. The van der Waals surface area contributed by atoms with E-state index >= 15 is 0 Å². The zero-order chi connectivity index (χ0) is 22.9. The number of nitrogens with zero attached hydrogens (tertiary/aromatic N) is 4. The Morgan fingerprint density at radius 3 is 2.64 bits per heavy atom. The van der Waals surface area contributed by atoms with Crippen molar-refractivity contribution >= 4 is 28.7 Å². The number of aryl methyl sites for hydroxylation is 3. The van der Waals surface area contributed by atoms with Crippen molar-refractivity contribution in [1.29, 1.82) is 0 Å². The minimum Gasteiger partial charge on any atom is -0.422 e. The van der Waals surface area contributed by atoms with Crippen molar-refractivity contribution in [2.75, 3.05) is 31.2 Å². The third kappa shape index (κ3) is 4.28. The molecule has 0 radical (unpaired) electrons. The van der Waals surface area contributed by atoms with Crippen LogP contribution >= 0.6 is 11.8 Å². The summed E-state index contributed by atoms with van der Waals surface area (Å²) in [4.78, 5) is 14.5. The van der Waals surface area contributed by atoms with E-state index in [9.17, 15) is 4.79 Å². The van der Waals surface area contributed by atoms with E-state index in [2.05, 4.69) is 50.9 Å². The number of morpholine rings is 1. The van der Waals surface area contributed by atoms with Crippen LogP contribution in [0.4, 0.5) is 5.95 Å². The molecular formula is C25H26N4O3S. The van der Waals surface area contributed by atoms with Crippen molar-refractivity contribution in [3.63, 3.8) is 0 Å². The van der Waals surface area contributed by atoms with Crippen molar-refractivity contribution in [3.05, 3.63) is 75.1 Å². The van der Waals surface area contributed by atoms with Gasteiger partial charge >= 0.3 is 5.63 Å². The van der Waals surface area contributed by atoms with Gasteiger partial charge in [-0.3, -0.25) is 4.57 Å². The van der Waals surface area contributed by atoms with E-state index in [0.717, 1.165) is 52.0 Å². The largest absolute Gasteiger partial charge is 0.422 e. The molecule has 2 aromatic carbocycles. The summed E-state index contributed by atoms with van der Waals surface area (Å²) in [6, 6.07) is 14.0.